The van der Waals surface area contributed by atoms with E-state index >= 15 is 0 Å². The van der Waals surface area contributed by atoms with Crippen molar-refractivity contribution >= 4 is 59.3 Å². The Morgan fingerprint density at radius 1 is 0.367 bits per heavy atom. The minimum Gasteiger partial charge on any atom is -0.478 e. The number of hydrogen-bond acceptors (Lipinski definition) is 14. The molecule has 17 rings (SSSR count). The van der Waals surface area contributed by atoms with E-state index in [-0.39, 0.29) is 29.5 Å². The molecule has 8 aliphatic rings. The number of carboxylic acid groups (broad SMARTS) is 3. The number of allylic oxidation sites excluding steroid dienone is 1. The summed E-state index contributed by atoms with van der Waals surface area (Å²) in [6, 6.07) is 58.4. The van der Waals surface area contributed by atoms with Crippen molar-refractivity contribution in [3.63, 3.8) is 0 Å². The van der Waals surface area contributed by atoms with Crippen LogP contribution < -0.4 is 5.69 Å². The van der Waals surface area contributed by atoms with Gasteiger partial charge in [-0.1, -0.05) is 235 Å². The summed E-state index contributed by atoms with van der Waals surface area (Å²) in [4.78, 5) is 122. The third kappa shape index (κ3) is 32.1. The first kappa shape index (κ1) is 111. The lowest BCUT2D eigenvalue weighted by molar-refractivity contribution is -0.133. The van der Waals surface area contributed by atoms with Crippen LogP contribution in [-0.2, 0) is 59.2 Å². The van der Waals surface area contributed by atoms with Gasteiger partial charge in [-0.2, -0.15) is 10.1 Å². The van der Waals surface area contributed by atoms with Gasteiger partial charge >= 0.3 is 23.6 Å². The molecular formula is C125H162N10O12. The maximum absolute atomic E-state index is 13.6. The number of rotatable bonds is 31. The first-order valence-electron chi connectivity index (χ1n) is 54.9. The van der Waals surface area contributed by atoms with Gasteiger partial charge in [0.1, 0.15) is 0 Å². The van der Waals surface area contributed by atoms with E-state index in [1.165, 1.54) is 149 Å². The number of benzene rings is 8. The van der Waals surface area contributed by atoms with Crippen molar-refractivity contribution in [1.82, 2.24) is 49.3 Å². The van der Waals surface area contributed by atoms with Gasteiger partial charge in [0.2, 0.25) is 23.6 Å². The van der Waals surface area contributed by atoms with E-state index in [1.54, 1.807) is 19.1 Å². The van der Waals surface area contributed by atoms with Gasteiger partial charge in [0.25, 0.3) is 5.89 Å². The highest BCUT2D eigenvalue weighted by Crippen LogP contribution is 2.48. The Labute approximate surface area is 873 Å². The summed E-state index contributed by atoms with van der Waals surface area (Å²) in [6.07, 6.45) is 40.3. The molecule has 4 aliphatic carbocycles. The minimum atomic E-state index is -0.962. The van der Waals surface area contributed by atoms with E-state index in [4.69, 9.17) is 4.52 Å². The van der Waals surface area contributed by atoms with Crippen molar-refractivity contribution in [2.75, 3.05) is 135 Å². The predicted octanol–water partition coefficient (Wildman–Crippen LogP) is 23.4. The Bertz CT molecular complexity index is 6020. The van der Waals surface area contributed by atoms with Gasteiger partial charge in [-0.3, -0.25) is 19.2 Å². The molecule has 8 fully saturated rings. The molecule has 1 aromatic heterocycles. The summed E-state index contributed by atoms with van der Waals surface area (Å²) in [6.45, 7) is 15.3. The molecule has 0 bridgehead atoms. The van der Waals surface area contributed by atoms with Crippen molar-refractivity contribution in [3.05, 3.63) is 259 Å². The Hall–Kier alpha value is -12.0. The second kappa shape index (κ2) is 54.8. The number of piperidine rings is 4. The lowest BCUT2D eigenvalue weighted by atomic mass is 9.77. The van der Waals surface area contributed by atoms with Crippen LogP contribution in [0.25, 0.3) is 73.7 Å². The van der Waals surface area contributed by atoms with E-state index in [2.05, 4.69) is 185 Å². The number of aromatic nitrogens is 2. The van der Waals surface area contributed by atoms with E-state index in [0.717, 1.165) is 238 Å². The molecule has 4 atom stereocenters. The molecule has 5 heterocycles. The standard InChI is InChI=1S/2C32H42N2O3.C31H40N2O3.C30H38N4O3/c1-23(32(36)37)17-25-18-28(20-30(35)34(3)22-24-11-10-16-33(2)21-24)31(27-14-8-5-9-15-27)29(19-25)26-12-6-4-7-13-26;1-23(17-31(36)37)27-18-28(20-30(35)34(3)22-24-11-10-16-33(2)21-24)32(26-14-8-5-9-15-26)29(19-27)25-12-6-4-7-13-25;1-32-17-9-10-24(21-32)22-33(2)29(34)20-27-18-23(15-16-30(35)36)19-28(25-11-5-3-6-12-25)31(27)26-13-7-4-8-14-26;1-33-15-9-10-21(19-33)20-34(2)27(35)18-24-16-25(29-31-30(36)32-37-29)17-26(22-11-5-3-6-12-22)28(24)23-13-7-4-8-14-23/h5,8-9,14-15,17-19,24,26H,4,6-7,10-13,16,20-22H2,1-3H3,(H,36,37);5,8-9,14-15,17-19,24-25H,4,6-7,10-13,16,20-22H2,1-3H3,(H,36,37);4,7-8,13-16,18-19,24-25H,3,5-6,9-12,17,20-22H2,1-2H3,(H,35,36);4,7-8,13-14,16-17,21-22H,3,5-6,9-12,15,18-20H2,1-2H3,(H,32,36)/b2*23-17+;16-15+;. The van der Waals surface area contributed by atoms with E-state index in [0.29, 0.717) is 78.6 Å². The van der Waals surface area contributed by atoms with Crippen molar-refractivity contribution in [2.24, 2.45) is 23.7 Å². The Kier molecular flexibility index (Phi) is 41.3. The lowest BCUT2D eigenvalue weighted by Gasteiger charge is -2.32. The summed E-state index contributed by atoms with van der Waals surface area (Å²) >= 11 is 0. The fourth-order valence-corrected chi connectivity index (χ4v) is 24.8. The highest BCUT2D eigenvalue weighted by Gasteiger charge is 2.34. The number of amides is 4. The molecule has 4 N–H and O–H groups in total. The quantitative estimate of drug-likeness (QED) is 0.0294. The van der Waals surface area contributed by atoms with Gasteiger partial charge in [0.15, 0.2) is 0 Å². The fraction of sp³-hybridized carbons (Fsp3) is 0.496. The molecule has 4 unspecified atom stereocenters. The smallest absolute Gasteiger partial charge is 0.377 e. The van der Waals surface area contributed by atoms with E-state index in [1.807, 2.05) is 97.2 Å². The highest BCUT2D eigenvalue weighted by molar-refractivity contribution is 5.94. The summed E-state index contributed by atoms with van der Waals surface area (Å²) < 4.78 is 5.41. The van der Waals surface area contributed by atoms with Gasteiger partial charge < -0.3 is 59.0 Å². The Morgan fingerprint density at radius 2 is 0.673 bits per heavy atom. The predicted molar refractivity (Wildman–Crippen MR) is 592 cm³/mol. The van der Waals surface area contributed by atoms with E-state index < -0.39 is 23.6 Å². The monoisotopic (exact) mass is 2000 g/mol. The van der Waals surface area contributed by atoms with Gasteiger partial charge in [-0.15, -0.1) is 0 Å². The number of likely N-dealkylation sites (tertiary alicyclic amines) is 4. The zero-order valence-electron chi connectivity index (χ0n) is 89.2. The molecule has 22 heteroatoms. The highest BCUT2D eigenvalue weighted by atomic mass is 16.5. The van der Waals surface area contributed by atoms with Gasteiger partial charge in [0.05, 0.1) is 25.7 Å². The largest absolute Gasteiger partial charge is 0.478 e. The molecule has 147 heavy (non-hydrogen) atoms. The zero-order chi connectivity index (χ0) is 104. The molecule has 4 aliphatic heterocycles. The fourth-order valence-electron chi connectivity index (χ4n) is 24.8. The van der Waals surface area contributed by atoms with Crippen molar-refractivity contribution in [1.29, 1.82) is 0 Å². The number of H-pyrrole nitrogens is 1. The van der Waals surface area contributed by atoms with Crippen LogP contribution in [0, 0.1) is 23.7 Å². The second-order valence-electron chi connectivity index (χ2n) is 44.1. The number of hydrogen-bond donors (Lipinski definition) is 4. The molecule has 22 nitrogen and oxygen atoms in total. The minimum absolute atomic E-state index is 0.112. The molecule has 9 aromatic rings. The van der Waals surface area contributed by atoms with Gasteiger partial charge in [0, 0.05) is 104 Å². The number of carbonyl (C=O) groups is 7. The summed E-state index contributed by atoms with van der Waals surface area (Å²) in [5.74, 6) is 1.62. The molecule has 4 saturated heterocycles. The zero-order valence-corrected chi connectivity index (χ0v) is 89.2. The SMILES string of the molecule is C/C(=C\C(=O)O)c1cc(CC(=O)N(C)CC2CCCN(C)C2)c(-c2ccccc2)c(C2CCCCC2)c1.C/C(=C\c1cc(CC(=O)N(C)CC2CCCN(C)C2)c(-c2ccccc2)c(C2CCCCC2)c1)C(=O)O.CN1CCCC(CN(C)C(=O)Cc2cc(-c3nc(=O)[nH]o3)cc(C3CCCCC3)c2-c2ccccc2)C1.CN1CCCC(CN(C)C(=O)Cc2cc(/C=C/C(=O)O)cc(C3CCCCC3)c2-c2ccccc2)C1. The van der Waals surface area contributed by atoms with Crippen LogP contribution in [0.5, 0.6) is 0 Å². The summed E-state index contributed by atoms with van der Waals surface area (Å²) in [5, 5.41) is 30.5. The van der Waals surface area contributed by atoms with Crippen LogP contribution >= 0.6 is 0 Å². The first-order chi connectivity index (χ1) is 71.0. The summed E-state index contributed by atoms with van der Waals surface area (Å²) in [5.41, 5.74) is 22.0. The normalized spacial score (nSPS) is 19.4. The topological polar surface area (TPSA) is 265 Å². The van der Waals surface area contributed by atoms with Gasteiger partial charge in [-0.25, -0.2) is 19.2 Å². The summed E-state index contributed by atoms with van der Waals surface area (Å²) in [7, 11) is 16.3. The number of nitrogens with zero attached hydrogens (tertiary/aromatic N) is 9. The van der Waals surface area contributed by atoms with Crippen molar-refractivity contribution < 1.29 is 53.4 Å². The van der Waals surface area contributed by atoms with E-state index in [9.17, 15) is 53.7 Å². The van der Waals surface area contributed by atoms with Gasteiger partial charge in [-0.05, 0) is 354 Å². The van der Waals surface area contributed by atoms with Crippen molar-refractivity contribution in [3.8, 4) is 56.0 Å². The van der Waals surface area contributed by atoms with Crippen LogP contribution in [0.1, 0.15) is 279 Å². The average Bonchev–Trinajstić information content (AvgIpc) is 1.76. The number of likely N-dealkylation sites (N-methyl/N-ethyl adjacent to an activating group) is 4. The Balaban J connectivity index is 0.000000155. The molecular weight excluding hydrogens is 1830 g/mol. The molecule has 4 saturated carbocycles. The van der Waals surface area contributed by atoms with Crippen LogP contribution in [0.2, 0.25) is 0 Å². The number of carbonyl (C=O) groups excluding carboxylic acids is 4. The molecule has 0 spiro atoms. The second-order valence-corrected chi connectivity index (χ2v) is 44.1. The number of carboxylic acids is 3. The number of aromatic amines is 1. The average molecular weight is 2000 g/mol. The third-order valence-electron chi connectivity index (χ3n) is 32.2. The van der Waals surface area contributed by atoms with Crippen LogP contribution in [0.3, 0.4) is 0 Å². The van der Waals surface area contributed by atoms with Crippen LogP contribution in [-0.4, -0.2) is 241 Å². The molecule has 0 radical (unpaired) electrons. The molecule has 8 aromatic carbocycles. The van der Waals surface area contributed by atoms with Crippen LogP contribution in [0.15, 0.2) is 197 Å². The maximum Gasteiger partial charge on any atom is 0.377 e. The Morgan fingerprint density at radius 3 is 0.980 bits per heavy atom. The number of aliphatic carboxylic acids is 3. The third-order valence-corrected chi connectivity index (χ3v) is 32.2. The van der Waals surface area contributed by atoms with Crippen molar-refractivity contribution in [2.45, 2.75) is 243 Å². The molecule has 784 valence electrons. The first-order valence-corrected chi connectivity index (χ1v) is 54.9. The molecule has 4 amide bonds. The maximum atomic E-state index is 13.6. The van der Waals surface area contributed by atoms with Crippen LogP contribution in [0.4, 0.5) is 0 Å². The lowest BCUT2D eigenvalue weighted by Crippen LogP contribution is -2.40. The number of nitrogens with one attached hydrogen (secondary N) is 1.